The van der Waals surface area contributed by atoms with Crippen molar-refractivity contribution in [2.24, 2.45) is 4.99 Å². The van der Waals surface area contributed by atoms with Crippen LogP contribution in [0.4, 0.5) is 5.69 Å². The van der Waals surface area contributed by atoms with E-state index in [2.05, 4.69) is 4.99 Å². The fraction of sp³-hybridized carbons (Fsp3) is 0.0833. The Morgan fingerprint density at radius 2 is 1.91 bits per heavy atom. The number of benzene rings is 2. The van der Waals surface area contributed by atoms with E-state index in [0.29, 0.717) is 39.4 Å². The van der Waals surface area contributed by atoms with Crippen molar-refractivity contribution in [1.82, 2.24) is 4.90 Å². The van der Waals surface area contributed by atoms with Crippen molar-refractivity contribution in [2.45, 2.75) is 6.92 Å². The minimum absolute atomic E-state index is 0.0385. The highest BCUT2D eigenvalue weighted by Crippen LogP contribution is 2.35. The minimum Gasteiger partial charge on any atom is -0.478 e. The second kappa shape index (κ2) is 9.58. The molecule has 172 valence electrons. The lowest BCUT2D eigenvalue weighted by Gasteiger charge is -2.12. The van der Waals surface area contributed by atoms with Gasteiger partial charge >= 0.3 is 11.9 Å². The van der Waals surface area contributed by atoms with Crippen LogP contribution in [-0.4, -0.2) is 44.7 Å². The molecular formula is C24H17ClN2O6S. The Morgan fingerprint density at radius 1 is 1.12 bits per heavy atom. The van der Waals surface area contributed by atoms with E-state index < -0.39 is 11.9 Å². The molecule has 0 saturated carbocycles. The molecule has 0 unspecified atom stereocenters. The van der Waals surface area contributed by atoms with Crippen LogP contribution in [0.15, 0.2) is 68.9 Å². The standard InChI is InChI=1S/C24H17ClN2O6S/c1-2-27-21(28)20(34-24(27)26-15-5-3-4-14(10-15)22(29)30)12-16-7-9-19(33-16)13-6-8-18(25)17(11-13)23(31)32/h3-12H,2H2,1H3,(H,29,30)(H,31,32)/b20-12-,26-24?. The molecule has 10 heteroatoms. The van der Waals surface area contributed by atoms with Crippen LogP contribution in [-0.2, 0) is 4.79 Å². The van der Waals surface area contributed by atoms with Crippen molar-refractivity contribution >= 4 is 58.1 Å². The predicted molar refractivity (Wildman–Crippen MR) is 130 cm³/mol. The molecule has 0 atom stereocenters. The van der Waals surface area contributed by atoms with Gasteiger partial charge in [-0.2, -0.15) is 0 Å². The maximum Gasteiger partial charge on any atom is 0.337 e. The summed E-state index contributed by atoms with van der Waals surface area (Å²) in [6.45, 7) is 2.20. The summed E-state index contributed by atoms with van der Waals surface area (Å²) in [5.41, 5.74) is 1.02. The first kappa shape index (κ1) is 23.3. The Kier molecular flexibility index (Phi) is 6.58. The van der Waals surface area contributed by atoms with Crippen molar-refractivity contribution < 1.29 is 29.0 Å². The molecule has 4 rings (SSSR count). The summed E-state index contributed by atoms with van der Waals surface area (Å²) >= 11 is 7.08. The van der Waals surface area contributed by atoms with Crippen molar-refractivity contribution in [3.05, 3.63) is 81.4 Å². The number of amides is 1. The molecule has 0 radical (unpaired) electrons. The van der Waals surface area contributed by atoms with Gasteiger partial charge in [0.1, 0.15) is 11.5 Å². The Hall–Kier alpha value is -3.82. The van der Waals surface area contributed by atoms with Gasteiger partial charge in [0.2, 0.25) is 0 Å². The molecule has 0 bridgehead atoms. The summed E-state index contributed by atoms with van der Waals surface area (Å²) in [5.74, 6) is -1.63. The number of halogens is 1. The summed E-state index contributed by atoms with van der Waals surface area (Å²) in [4.78, 5) is 41.8. The van der Waals surface area contributed by atoms with Gasteiger partial charge in [-0.05, 0) is 67.2 Å². The highest BCUT2D eigenvalue weighted by Gasteiger charge is 2.32. The molecule has 1 aliphatic heterocycles. The molecular weight excluding hydrogens is 480 g/mol. The maximum absolute atomic E-state index is 12.9. The highest BCUT2D eigenvalue weighted by molar-refractivity contribution is 8.18. The molecule has 1 fully saturated rings. The van der Waals surface area contributed by atoms with Crippen LogP contribution >= 0.6 is 23.4 Å². The van der Waals surface area contributed by atoms with Gasteiger partial charge in [-0.15, -0.1) is 0 Å². The van der Waals surface area contributed by atoms with E-state index in [1.165, 1.54) is 29.2 Å². The maximum atomic E-state index is 12.9. The van der Waals surface area contributed by atoms with Crippen LogP contribution in [0.2, 0.25) is 5.02 Å². The molecule has 2 aromatic carbocycles. The van der Waals surface area contributed by atoms with E-state index in [1.54, 1.807) is 36.4 Å². The molecule has 34 heavy (non-hydrogen) atoms. The first-order chi connectivity index (χ1) is 16.3. The number of thioether (sulfide) groups is 1. The van der Waals surface area contributed by atoms with Gasteiger partial charge in [-0.3, -0.25) is 9.69 Å². The fourth-order valence-electron chi connectivity index (χ4n) is 3.25. The molecule has 0 spiro atoms. The molecule has 1 saturated heterocycles. The molecule has 2 N–H and O–H groups in total. The zero-order valence-electron chi connectivity index (χ0n) is 17.7. The summed E-state index contributed by atoms with van der Waals surface area (Å²) in [5, 5.41) is 19.0. The molecule has 0 aliphatic carbocycles. The number of carboxylic acids is 2. The van der Waals surface area contributed by atoms with Crippen LogP contribution in [0, 0.1) is 0 Å². The normalized spacial score (nSPS) is 15.9. The summed E-state index contributed by atoms with van der Waals surface area (Å²) < 4.78 is 5.82. The first-order valence-corrected chi connectivity index (χ1v) is 11.2. The number of carboxylic acid groups (broad SMARTS) is 2. The average molecular weight is 497 g/mol. The molecule has 1 aliphatic rings. The number of rotatable bonds is 6. The van der Waals surface area contributed by atoms with Gasteiger partial charge in [0.25, 0.3) is 5.91 Å². The van der Waals surface area contributed by atoms with E-state index in [-0.39, 0.29) is 22.1 Å². The SMILES string of the molecule is CCN1C(=O)/C(=C/c2ccc(-c3ccc(Cl)c(C(=O)O)c3)o2)SC1=Nc1cccc(C(=O)O)c1. The summed E-state index contributed by atoms with van der Waals surface area (Å²) in [7, 11) is 0. The van der Waals surface area contributed by atoms with Crippen LogP contribution in [0.5, 0.6) is 0 Å². The van der Waals surface area contributed by atoms with Crippen LogP contribution in [0.3, 0.4) is 0 Å². The third-order valence-corrected chi connectivity index (χ3v) is 6.24. The Labute approximate surface area is 203 Å². The summed E-state index contributed by atoms with van der Waals surface area (Å²) in [6, 6.07) is 14.1. The lowest BCUT2D eigenvalue weighted by atomic mass is 10.1. The van der Waals surface area contributed by atoms with Crippen molar-refractivity contribution in [3.63, 3.8) is 0 Å². The van der Waals surface area contributed by atoms with Gasteiger partial charge in [0, 0.05) is 18.2 Å². The Morgan fingerprint density at radius 3 is 2.62 bits per heavy atom. The molecule has 1 amide bonds. The largest absolute Gasteiger partial charge is 0.478 e. The monoisotopic (exact) mass is 496 g/mol. The van der Waals surface area contributed by atoms with Crippen molar-refractivity contribution in [2.75, 3.05) is 6.54 Å². The number of nitrogens with zero attached hydrogens (tertiary/aromatic N) is 2. The quantitative estimate of drug-likeness (QED) is 0.425. The number of aromatic carboxylic acids is 2. The number of carbonyl (C=O) groups is 3. The number of carbonyl (C=O) groups excluding carboxylic acids is 1. The molecule has 3 aromatic rings. The van der Waals surface area contributed by atoms with E-state index in [0.717, 1.165) is 11.8 Å². The van der Waals surface area contributed by atoms with Gasteiger partial charge < -0.3 is 14.6 Å². The lowest BCUT2D eigenvalue weighted by Crippen LogP contribution is -2.28. The predicted octanol–water partition coefficient (Wildman–Crippen LogP) is 5.62. The van der Waals surface area contributed by atoms with E-state index >= 15 is 0 Å². The lowest BCUT2D eigenvalue weighted by molar-refractivity contribution is -0.122. The second-order valence-electron chi connectivity index (χ2n) is 7.11. The Bertz CT molecular complexity index is 1380. The number of likely N-dealkylation sites (N-methyl/N-ethyl adjacent to an activating group) is 1. The topological polar surface area (TPSA) is 120 Å². The second-order valence-corrected chi connectivity index (χ2v) is 8.53. The zero-order chi connectivity index (χ0) is 24.4. The minimum atomic E-state index is -1.14. The van der Waals surface area contributed by atoms with Crippen molar-refractivity contribution in [3.8, 4) is 11.3 Å². The third-order valence-electron chi connectivity index (χ3n) is 4.90. The zero-order valence-corrected chi connectivity index (χ0v) is 19.3. The third kappa shape index (κ3) is 4.75. The van der Waals surface area contributed by atoms with E-state index in [4.69, 9.17) is 16.0 Å². The number of hydrogen-bond donors (Lipinski definition) is 2. The van der Waals surface area contributed by atoms with Gasteiger partial charge in [-0.1, -0.05) is 17.7 Å². The van der Waals surface area contributed by atoms with Crippen LogP contribution in [0.25, 0.3) is 17.4 Å². The molecule has 8 nitrogen and oxygen atoms in total. The smallest absolute Gasteiger partial charge is 0.337 e. The van der Waals surface area contributed by atoms with Crippen molar-refractivity contribution in [1.29, 1.82) is 0 Å². The molecule has 1 aromatic heterocycles. The number of aliphatic imine (C=N–C) groups is 1. The van der Waals surface area contributed by atoms with Gasteiger partial charge in [-0.25, -0.2) is 14.6 Å². The first-order valence-electron chi connectivity index (χ1n) is 10.0. The molecule has 2 heterocycles. The Balaban J connectivity index is 1.62. The highest BCUT2D eigenvalue weighted by atomic mass is 35.5. The number of furan rings is 1. The van der Waals surface area contributed by atoms with Gasteiger partial charge in [0.15, 0.2) is 5.17 Å². The average Bonchev–Trinajstić information content (AvgIpc) is 3.38. The fourth-order valence-corrected chi connectivity index (χ4v) is 4.49. The number of hydrogen-bond acceptors (Lipinski definition) is 6. The number of amidine groups is 1. The van der Waals surface area contributed by atoms with Gasteiger partial charge in [0.05, 0.1) is 26.7 Å². The van der Waals surface area contributed by atoms with E-state index in [1.807, 2.05) is 6.92 Å². The van der Waals surface area contributed by atoms with Crippen LogP contribution in [0.1, 0.15) is 33.4 Å². The van der Waals surface area contributed by atoms with Crippen LogP contribution < -0.4 is 0 Å². The summed E-state index contributed by atoms with van der Waals surface area (Å²) in [6.07, 6.45) is 1.59. The van der Waals surface area contributed by atoms with E-state index in [9.17, 15) is 24.6 Å².